The number of carbonyl (C=O) groups excluding carboxylic acids is 2. The highest BCUT2D eigenvalue weighted by Gasteiger charge is 2.75. The van der Waals surface area contributed by atoms with E-state index in [4.69, 9.17) is 14.2 Å². The average Bonchev–Trinajstić information content (AvgIpc) is 3.14. The summed E-state index contributed by atoms with van der Waals surface area (Å²) >= 11 is 0. The Hall–Kier alpha value is -1.46. The summed E-state index contributed by atoms with van der Waals surface area (Å²) in [6.45, 7) is 12.8. The van der Waals surface area contributed by atoms with Crippen molar-refractivity contribution in [2.45, 2.75) is 97.6 Å². The van der Waals surface area contributed by atoms with E-state index in [0.29, 0.717) is 24.4 Å². The van der Waals surface area contributed by atoms with E-state index in [0.717, 1.165) is 56.1 Å². The molecule has 32 heavy (non-hydrogen) atoms. The molecule has 4 aliphatic carbocycles. The minimum atomic E-state index is -0.882. The first kappa shape index (κ1) is 22.3. The molecule has 1 aliphatic heterocycles. The molecule has 2 saturated carbocycles. The molecule has 0 N–H and O–H groups in total. The van der Waals surface area contributed by atoms with Crippen molar-refractivity contribution in [2.75, 3.05) is 6.61 Å². The van der Waals surface area contributed by atoms with Crippen molar-refractivity contribution in [3.05, 3.63) is 23.0 Å². The summed E-state index contributed by atoms with van der Waals surface area (Å²) in [6.07, 6.45) is 8.57. The Morgan fingerprint density at radius 3 is 2.62 bits per heavy atom. The normalized spacial score (nSPS) is 46.5. The van der Waals surface area contributed by atoms with Crippen LogP contribution in [0.5, 0.6) is 0 Å². The molecule has 0 unspecified atom stereocenters. The van der Waals surface area contributed by atoms with Gasteiger partial charge in [-0.2, -0.15) is 0 Å². The van der Waals surface area contributed by atoms with Crippen LogP contribution in [-0.2, 0) is 23.8 Å². The second-order valence-electron chi connectivity index (χ2n) is 11.7. The van der Waals surface area contributed by atoms with Gasteiger partial charge in [-0.05, 0) is 100 Å². The van der Waals surface area contributed by atoms with E-state index in [1.807, 2.05) is 20.8 Å². The number of hydrogen-bond acceptors (Lipinski definition) is 5. The van der Waals surface area contributed by atoms with Crippen LogP contribution in [0.1, 0.15) is 80.1 Å². The lowest BCUT2D eigenvalue weighted by atomic mass is 9.46. The predicted molar refractivity (Wildman–Crippen MR) is 121 cm³/mol. The molecule has 5 aliphatic rings. The van der Waals surface area contributed by atoms with Crippen LogP contribution in [0, 0.1) is 28.6 Å². The highest BCUT2D eigenvalue weighted by atomic mass is 16.8. The quantitative estimate of drug-likeness (QED) is 0.564. The van der Waals surface area contributed by atoms with Gasteiger partial charge in [0.25, 0.3) is 0 Å². The molecule has 0 bridgehead atoms. The number of aldehydes is 1. The summed E-state index contributed by atoms with van der Waals surface area (Å²) in [5.41, 5.74) is 0.934. The summed E-state index contributed by atoms with van der Waals surface area (Å²) in [5, 5.41) is 0. The largest absolute Gasteiger partial charge is 0.498 e. The number of allylic oxidation sites excluding steroid dienone is 4. The van der Waals surface area contributed by atoms with Crippen LogP contribution in [0.3, 0.4) is 0 Å². The minimum absolute atomic E-state index is 0.0246. The molecule has 7 atom stereocenters. The van der Waals surface area contributed by atoms with Crippen molar-refractivity contribution in [1.82, 2.24) is 0 Å². The van der Waals surface area contributed by atoms with Gasteiger partial charge >= 0.3 is 0 Å². The molecule has 0 radical (unpaired) electrons. The van der Waals surface area contributed by atoms with Crippen molar-refractivity contribution in [1.29, 1.82) is 0 Å². The smallest absolute Gasteiger partial charge is 0.164 e. The molecule has 3 fully saturated rings. The maximum Gasteiger partial charge on any atom is 0.164 e. The first-order valence-electron chi connectivity index (χ1n) is 12.4. The third-order valence-electron chi connectivity index (χ3n) is 9.86. The van der Waals surface area contributed by atoms with E-state index in [1.54, 1.807) is 6.92 Å². The molecular weight excluding hydrogens is 404 g/mol. The minimum Gasteiger partial charge on any atom is -0.498 e. The van der Waals surface area contributed by atoms with Crippen LogP contribution in [0.4, 0.5) is 0 Å². The Balaban J connectivity index is 1.57. The van der Waals surface area contributed by atoms with Crippen LogP contribution in [0.2, 0.25) is 0 Å². The van der Waals surface area contributed by atoms with Gasteiger partial charge in [-0.1, -0.05) is 13.8 Å². The van der Waals surface area contributed by atoms with Crippen LogP contribution in [0.15, 0.2) is 23.0 Å². The number of hydrogen-bond donors (Lipinski definition) is 0. The van der Waals surface area contributed by atoms with Crippen molar-refractivity contribution < 1.29 is 23.8 Å². The standard InChI is InChI=1S/C27H38O5/c1-7-30-18-8-10-25(5)20-9-11-26(6)22(19(20)12-17(15-28)21(25)13-18)14-23-27(26,16(2)29)32-24(3,4)31-23/h13,15,19-20,22-23H,7-12,14H2,1-6H3/t19-,20+,22+,23+,25-,26+,27-/m1/s1. The summed E-state index contributed by atoms with van der Waals surface area (Å²) in [7, 11) is 0. The zero-order chi connectivity index (χ0) is 23.1. The second kappa shape index (κ2) is 7.02. The summed E-state index contributed by atoms with van der Waals surface area (Å²) in [4.78, 5) is 25.5. The average molecular weight is 443 g/mol. The van der Waals surface area contributed by atoms with Gasteiger partial charge < -0.3 is 14.2 Å². The lowest BCUT2D eigenvalue weighted by molar-refractivity contribution is -0.213. The lowest BCUT2D eigenvalue weighted by Crippen LogP contribution is -2.59. The monoisotopic (exact) mass is 442 g/mol. The van der Waals surface area contributed by atoms with Gasteiger partial charge in [-0.15, -0.1) is 0 Å². The lowest BCUT2D eigenvalue weighted by Gasteiger charge is -2.58. The van der Waals surface area contributed by atoms with E-state index in [1.165, 1.54) is 5.57 Å². The fourth-order valence-electron chi connectivity index (χ4n) is 8.65. The Morgan fingerprint density at radius 2 is 1.97 bits per heavy atom. The van der Waals surface area contributed by atoms with Crippen LogP contribution < -0.4 is 0 Å². The predicted octanol–water partition coefficient (Wildman–Crippen LogP) is 5.14. The van der Waals surface area contributed by atoms with E-state index < -0.39 is 11.4 Å². The summed E-state index contributed by atoms with van der Waals surface area (Å²) in [5.74, 6) is 1.51. The van der Waals surface area contributed by atoms with Crippen molar-refractivity contribution in [3.63, 3.8) is 0 Å². The molecule has 0 aromatic rings. The fraction of sp³-hybridized carbons (Fsp3) is 0.778. The van der Waals surface area contributed by atoms with E-state index in [2.05, 4.69) is 19.9 Å². The van der Waals surface area contributed by atoms with Gasteiger partial charge in [0, 0.05) is 11.8 Å². The maximum absolute atomic E-state index is 13.2. The molecule has 176 valence electrons. The van der Waals surface area contributed by atoms with Crippen LogP contribution in [0.25, 0.3) is 0 Å². The SMILES string of the molecule is CCOC1=CC2=C(C=O)C[C@@H]3[C@H](CC[C@@]4(C)[C@H]3C[C@@H]3OC(C)(C)O[C@]34C(C)=O)[C@@]2(C)CC1. The van der Waals surface area contributed by atoms with Gasteiger partial charge in [0.15, 0.2) is 17.2 Å². The van der Waals surface area contributed by atoms with Gasteiger partial charge in [-0.3, -0.25) is 9.59 Å². The first-order valence-corrected chi connectivity index (χ1v) is 12.4. The zero-order valence-electron chi connectivity index (χ0n) is 20.5. The first-order chi connectivity index (χ1) is 15.0. The van der Waals surface area contributed by atoms with E-state index in [9.17, 15) is 9.59 Å². The number of ether oxygens (including phenoxy) is 3. The van der Waals surface area contributed by atoms with Gasteiger partial charge in [0.1, 0.15) is 6.29 Å². The molecular formula is C27H38O5. The van der Waals surface area contributed by atoms with Crippen LogP contribution in [-0.4, -0.2) is 36.2 Å². The highest BCUT2D eigenvalue weighted by molar-refractivity contribution is 5.88. The molecule has 5 nitrogen and oxygen atoms in total. The van der Waals surface area contributed by atoms with E-state index in [-0.39, 0.29) is 22.7 Å². The van der Waals surface area contributed by atoms with Crippen molar-refractivity contribution in [3.8, 4) is 0 Å². The third kappa shape index (κ3) is 2.70. The maximum atomic E-state index is 13.2. The van der Waals surface area contributed by atoms with Gasteiger partial charge in [-0.25, -0.2) is 0 Å². The van der Waals surface area contributed by atoms with Crippen LogP contribution >= 0.6 is 0 Å². The molecule has 0 amide bonds. The molecule has 0 spiro atoms. The Bertz CT molecular complexity index is 915. The molecule has 5 heteroatoms. The Kier molecular flexibility index (Phi) is 4.90. The van der Waals surface area contributed by atoms with Gasteiger partial charge in [0.2, 0.25) is 0 Å². The number of carbonyl (C=O) groups is 2. The molecule has 5 rings (SSSR count). The third-order valence-corrected chi connectivity index (χ3v) is 9.86. The van der Waals surface area contributed by atoms with Crippen molar-refractivity contribution in [2.24, 2.45) is 28.6 Å². The van der Waals surface area contributed by atoms with E-state index >= 15 is 0 Å². The number of Topliss-reactive ketones (excluding diaryl/α,β-unsaturated/α-hetero) is 1. The van der Waals surface area contributed by atoms with Crippen molar-refractivity contribution >= 4 is 12.1 Å². The fourth-order valence-corrected chi connectivity index (χ4v) is 8.65. The Morgan fingerprint density at radius 1 is 1.22 bits per heavy atom. The number of rotatable bonds is 4. The highest BCUT2D eigenvalue weighted by Crippen LogP contribution is 2.70. The second-order valence-corrected chi connectivity index (χ2v) is 11.7. The zero-order valence-corrected chi connectivity index (χ0v) is 20.5. The molecule has 0 aromatic heterocycles. The molecule has 0 aromatic carbocycles. The number of ketones is 1. The van der Waals surface area contributed by atoms with Gasteiger partial charge in [0.05, 0.1) is 18.5 Å². The topological polar surface area (TPSA) is 61.8 Å². The number of fused-ring (bicyclic) bond motifs is 7. The molecule has 1 saturated heterocycles. The molecule has 1 heterocycles. The summed E-state index contributed by atoms with van der Waals surface area (Å²) < 4.78 is 18.7. The summed E-state index contributed by atoms with van der Waals surface area (Å²) in [6, 6.07) is 0. The Labute approximate surface area is 191 Å².